The van der Waals surface area contributed by atoms with Gasteiger partial charge in [0.15, 0.2) is 0 Å². The molecule has 96 valence electrons. The van der Waals surface area contributed by atoms with Gasteiger partial charge in [0.25, 0.3) is 5.91 Å². The summed E-state index contributed by atoms with van der Waals surface area (Å²) < 4.78 is 5.24. The Morgan fingerprint density at radius 3 is 2.29 bits per heavy atom. The molecule has 1 aliphatic heterocycles. The number of carbonyl (C=O) groups excluding carboxylic acids is 1. The molecule has 1 amide bonds. The fourth-order valence-electron chi connectivity index (χ4n) is 1.70. The lowest BCUT2D eigenvalue weighted by atomic mass is 10.1. The number of hydrogen-bond donors (Lipinski definition) is 1. The van der Waals surface area contributed by atoms with Crippen LogP contribution in [0.4, 0.5) is 0 Å². The summed E-state index contributed by atoms with van der Waals surface area (Å²) in [5.41, 5.74) is 0.726. The van der Waals surface area contributed by atoms with Gasteiger partial charge in [-0.15, -0.1) is 24.8 Å². The van der Waals surface area contributed by atoms with Crippen molar-refractivity contribution < 1.29 is 9.53 Å². The van der Waals surface area contributed by atoms with E-state index in [0.29, 0.717) is 0 Å². The molecule has 5 heteroatoms. The van der Waals surface area contributed by atoms with Crippen molar-refractivity contribution >= 4 is 30.7 Å². The highest BCUT2D eigenvalue weighted by molar-refractivity contribution is 5.94. The molecule has 0 unspecified atom stereocenters. The highest BCUT2D eigenvalue weighted by Crippen LogP contribution is 2.07. The first kappa shape index (κ1) is 16.2. The monoisotopic (exact) mass is 277 g/mol. The van der Waals surface area contributed by atoms with Crippen LogP contribution in [-0.4, -0.2) is 25.2 Å². The van der Waals surface area contributed by atoms with Crippen molar-refractivity contribution in [2.45, 2.75) is 18.9 Å². The molecular formula is C12H17Cl2NO2. The minimum absolute atomic E-state index is 0. The number of rotatable bonds is 2. The molecule has 2 rings (SSSR count). The van der Waals surface area contributed by atoms with Crippen molar-refractivity contribution in [1.82, 2.24) is 5.32 Å². The normalized spacial score (nSPS) is 15.3. The zero-order valence-corrected chi connectivity index (χ0v) is 11.1. The zero-order valence-electron chi connectivity index (χ0n) is 9.43. The quantitative estimate of drug-likeness (QED) is 0.902. The molecule has 1 aliphatic rings. The lowest BCUT2D eigenvalue weighted by molar-refractivity contribution is 0.0696. The molecule has 0 saturated carbocycles. The van der Waals surface area contributed by atoms with Crippen LogP contribution in [0, 0.1) is 0 Å². The lowest BCUT2D eigenvalue weighted by Gasteiger charge is -2.23. The standard InChI is InChI=1S/C12H15NO2.2ClH/c14-12(10-4-2-1-3-5-10)13-11-6-8-15-9-7-11;;/h1-5,11H,6-9H2,(H,13,14);2*1H. The molecule has 1 aromatic rings. The van der Waals surface area contributed by atoms with Gasteiger partial charge < -0.3 is 10.1 Å². The predicted octanol–water partition coefficient (Wildman–Crippen LogP) is 2.44. The Hall–Kier alpha value is -0.770. The molecule has 1 aromatic carbocycles. The van der Waals surface area contributed by atoms with Gasteiger partial charge in [0, 0.05) is 24.8 Å². The molecule has 1 N–H and O–H groups in total. The van der Waals surface area contributed by atoms with E-state index in [1.54, 1.807) is 0 Å². The van der Waals surface area contributed by atoms with Crippen LogP contribution in [0.1, 0.15) is 23.2 Å². The van der Waals surface area contributed by atoms with Gasteiger partial charge in [-0.3, -0.25) is 4.79 Å². The first-order valence-corrected chi connectivity index (χ1v) is 5.30. The third kappa shape index (κ3) is 4.94. The number of amides is 1. The van der Waals surface area contributed by atoms with Gasteiger partial charge >= 0.3 is 0 Å². The van der Waals surface area contributed by atoms with Crippen LogP contribution in [0.15, 0.2) is 30.3 Å². The van der Waals surface area contributed by atoms with Gasteiger partial charge in [0.05, 0.1) is 0 Å². The van der Waals surface area contributed by atoms with Crippen LogP contribution in [0.25, 0.3) is 0 Å². The van der Waals surface area contributed by atoms with Crippen molar-refractivity contribution in [1.29, 1.82) is 0 Å². The largest absolute Gasteiger partial charge is 0.381 e. The summed E-state index contributed by atoms with van der Waals surface area (Å²) in [6.45, 7) is 1.50. The van der Waals surface area contributed by atoms with Gasteiger partial charge in [-0.1, -0.05) is 18.2 Å². The van der Waals surface area contributed by atoms with Crippen molar-refractivity contribution in [3.8, 4) is 0 Å². The number of nitrogens with one attached hydrogen (secondary N) is 1. The molecule has 0 aromatic heterocycles. The fraction of sp³-hybridized carbons (Fsp3) is 0.417. The third-order valence-electron chi connectivity index (χ3n) is 2.59. The molecule has 3 nitrogen and oxygen atoms in total. The Morgan fingerprint density at radius 2 is 1.71 bits per heavy atom. The summed E-state index contributed by atoms with van der Waals surface area (Å²) >= 11 is 0. The van der Waals surface area contributed by atoms with E-state index in [4.69, 9.17) is 4.74 Å². The molecule has 17 heavy (non-hydrogen) atoms. The molecule has 0 atom stereocenters. The second-order valence-corrected chi connectivity index (χ2v) is 3.73. The van der Waals surface area contributed by atoms with Crippen LogP contribution >= 0.6 is 24.8 Å². The Kier molecular flexibility index (Phi) is 7.96. The maximum Gasteiger partial charge on any atom is 0.251 e. The number of hydrogen-bond acceptors (Lipinski definition) is 2. The number of benzene rings is 1. The maximum atomic E-state index is 11.8. The Labute approximate surface area is 114 Å². The summed E-state index contributed by atoms with van der Waals surface area (Å²) in [5.74, 6) is 0.0162. The molecule has 0 bridgehead atoms. The van der Waals surface area contributed by atoms with Crippen LogP contribution in [0.3, 0.4) is 0 Å². The van der Waals surface area contributed by atoms with Gasteiger partial charge in [0.1, 0.15) is 0 Å². The van der Waals surface area contributed by atoms with Gasteiger partial charge in [-0.2, -0.15) is 0 Å². The molecule has 0 radical (unpaired) electrons. The van der Waals surface area contributed by atoms with E-state index in [1.807, 2.05) is 30.3 Å². The summed E-state index contributed by atoms with van der Waals surface area (Å²) in [7, 11) is 0. The van der Waals surface area contributed by atoms with Crippen molar-refractivity contribution in [3.63, 3.8) is 0 Å². The molecule has 1 saturated heterocycles. The zero-order chi connectivity index (χ0) is 10.5. The Balaban J connectivity index is 0.00000128. The van der Waals surface area contributed by atoms with Crippen LogP contribution in [0.5, 0.6) is 0 Å². The minimum Gasteiger partial charge on any atom is -0.381 e. The van der Waals surface area contributed by atoms with Gasteiger partial charge in [0.2, 0.25) is 0 Å². The smallest absolute Gasteiger partial charge is 0.251 e. The average molecular weight is 278 g/mol. The summed E-state index contributed by atoms with van der Waals surface area (Å²) in [6, 6.07) is 9.58. The van der Waals surface area contributed by atoms with E-state index in [0.717, 1.165) is 31.6 Å². The van der Waals surface area contributed by atoms with Gasteiger partial charge in [-0.25, -0.2) is 0 Å². The summed E-state index contributed by atoms with van der Waals surface area (Å²) in [4.78, 5) is 11.8. The van der Waals surface area contributed by atoms with Crippen LogP contribution in [-0.2, 0) is 4.74 Å². The van der Waals surface area contributed by atoms with Crippen LogP contribution in [0.2, 0.25) is 0 Å². The van der Waals surface area contributed by atoms with E-state index < -0.39 is 0 Å². The maximum absolute atomic E-state index is 11.8. The van der Waals surface area contributed by atoms with Gasteiger partial charge in [-0.05, 0) is 25.0 Å². The molecule has 0 spiro atoms. The van der Waals surface area contributed by atoms with E-state index in [9.17, 15) is 4.79 Å². The summed E-state index contributed by atoms with van der Waals surface area (Å²) in [6.07, 6.45) is 1.83. The third-order valence-corrected chi connectivity index (χ3v) is 2.59. The van der Waals surface area contributed by atoms with E-state index in [2.05, 4.69) is 5.32 Å². The molecule has 1 fully saturated rings. The Morgan fingerprint density at radius 1 is 1.12 bits per heavy atom. The number of carbonyl (C=O) groups is 1. The van der Waals surface area contributed by atoms with Crippen molar-refractivity contribution in [2.24, 2.45) is 0 Å². The van der Waals surface area contributed by atoms with E-state index >= 15 is 0 Å². The minimum atomic E-state index is 0. The van der Waals surface area contributed by atoms with E-state index in [-0.39, 0.29) is 36.8 Å². The summed E-state index contributed by atoms with van der Waals surface area (Å²) in [5, 5.41) is 3.02. The second kappa shape index (κ2) is 8.34. The highest BCUT2D eigenvalue weighted by Gasteiger charge is 2.16. The fourth-order valence-corrected chi connectivity index (χ4v) is 1.70. The lowest BCUT2D eigenvalue weighted by Crippen LogP contribution is -2.38. The predicted molar refractivity (Wildman–Crippen MR) is 72.2 cm³/mol. The molecule has 1 heterocycles. The Bertz CT molecular complexity index is 327. The second-order valence-electron chi connectivity index (χ2n) is 3.73. The first-order chi connectivity index (χ1) is 7.36. The van der Waals surface area contributed by atoms with Crippen molar-refractivity contribution in [3.05, 3.63) is 35.9 Å². The topological polar surface area (TPSA) is 38.3 Å². The number of halogens is 2. The van der Waals surface area contributed by atoms with Crippen LogP contribution < -0.4 is 5.32 Å². The number of ether oxygens (including phenoxy) is 1. The first-order valence-electron chi connectivity index (χ1n) is 5.30. The van der Waals surface area contributed by atoms with E-state index in [1.165, 1.54) is 0 Å². The highest BCUT2D eigenvalue weighted by atomic mass is 35.5. The molecule has 0 aliphatic carbocycles. The van der Waals surface area contributed by atoms with Crippen molar-refractivity contribution in [2.75, 3.05) is 13.2 Å². The average Bonchev–Trinajstić information content (AvgIpc) is 2.31. The SMILES string of the molecule is Cl.Cl.O=C(NC1CCOCC1)c1ccccc1. The molecular weight excluding hydrogens is 261 g/mol.